The van der Waals surface area contributed by atoms with Gasteiger partial charge < -0.3 is 9.88 Å². The topological polar surface area (TPSA) is 97.6 Å². The first kappa shape index (κ1) is 30.8. The van der Waals surface area contributed by atoms with Crippen molar-refractivity contribution in [1.82, 2.24) is 29.6 Å². The Morgan fingerprint density at radius 1 is 0.720 bits per heavy atom. The van der Waals surface area contributed by atoms with Crippen LogP contribution in [0.25, 0.3) is 33.2 Å². The third-order valence-electron chi connectivity index (χ3n) is 9.41. The fourth-order valence-electron chi connectivity index (χ4n) is 6.96. The summed E-state index contributed by atoms with van der Waals surface area (Å²) in [4.78, 5) is 35.5. The van der Waals surface area contributed by atoms with Gasteiger partial charge >= 0.3 is 0 Å². The summed E-state index contributed by atoms with van der Waals surface area (Å²) < 4.78 is 3.76. The van der Waals surface area contributed by atoms with Crippen molar-refractivity contribution in [3.63, 3.8) is 0 Å². The summed E-state index contributed by atoms with van der Waals surface area (Å²) in [6.07, 6.45) is 1.83. The van der Waals surface area contributed by atoms with Gasteiger partial charge in [-0.1, -0.05) is 121 Å². The number of H-pyrrole nitrogens is 1. The monoisotopic (exact) mass is 654 g/mol. The van der Waals surface area contributed by atoms with Crippen LogP contribution in [0.3, 0.4) is 0 Å². The van der Waals surface area contributed by atoms with Gasteiger partial charge in [0, 0.05) is 30.3 Å². The molecule has 3 heterocycles. The lowest BCUT2D eigenvalue weighted by molar-refractivity contribution is 0.0930. The van der Waals surface area contributed by atoms with Gasteiger partial charge in [0.15, 0.2) is 0 Å². The minimum atomic E-state index is -0.861. The Labute approximate surface area is 288 Å². The maximum absolute atomic E-state index is 13.5. The molecule has 0 aliphatic heterocycles. The molecule has 244 valence electrons. The summed E-state index contributed by atoms with van der Waals surface area (Å²) in [5, 5.41) is 7.72. The zero-order valence-electron chi connectivity index (χ0n) is 27.6. The number of amides is 1. The van der Waals surface area contributed by atoms with Crippen LogP contribution in [0.1, 0.15) is 45.8 Å². The van der Waals surface area contributed by atoms with E-state index in [1.807, 2.05) is 79.9 Å². The Hall–Kier alpha value is -6.54. The highest BCUT2D eigenvalue weighted by atomic mass is 16.2. The highest BCUT2D eigenvalue weighted by Crippen LogP contribution is 2.44. The molecule has 0 radical (unpaired) electrons. The quantitative estimate of drug-likeness (QED) is 0.165. The SMILES string of the molecule is CC(NC(=O)c1nc2cc3c(-c4ccc(=O)n(C)c4)[nH]n(C(c4ccccc4)(c4ccccc4)c4ccccc4)c3cc2n1)c1ccccc1. The van der Waals surface area contributed by atoms with Crippen LogP contribution in [0.15, 0.2) is 157 Å². The number of hydrogen-bond donors (Lipinski definition) is 2. The van der Waals surface area contributed by atoms with Gasteiger partial charge in [0.25, 0.3) is 5.91 Å². The summed E-state index contributed by atoms with van der Waals surface area (Å²) in [5.41, 5.74) is 6.83. The van der Waals surface area contributed by atoms with E-state index in [1.165, 1.54) is 0 Å². The molecule has 8 aromatic rings. The van der Waals surface area contributed by atoms with E-state index in [0.29, 0.717) is 11.0 Å². The molecule has 1 unspecified atom stereocenters. The molecular weight excluding hydrogens is 621 g/mol. The number of nitrogens with one attached hydrogen (secondary N) is 2. The Morgan fingerprint density at radius 3 is 1.78 bits per heavy atom. The van der Waals surface area contributed by atoms with E-state index in [2.05, 4.69) is 87.9 Å². The van der Waals surface area contributed by atoms with E-state index in [9.17, 15) is 9.59 Å². The van der Waals surface area contributed by atoms with Crippen LogP contribution in [0, 0.1) is 0 Å². The molecule has 0 aliphatic carbocycles. The molecule has 5 aromatic carbocycles. The molecule has 8 nitrogen and oxygen atoms in total. The number of aryl methyl sites for hydroxylation is 1. The van der Waals surface area contributed by atoms with Crippen LogP contribution in [-0.4, -0.2) is 30.2 Å². The van der Waals surface area contributed by atoms with Crippen molar-refractivity contribution < 1.29 is 4.79 Å². The Morgan fingerprint density at radius 2 is 1.24 bits per heavy atom. The number of aromatic amines is 1. The number of pyridine rings is 1. The molecule has 0 aliphatic rings. The fraction of sp³-hybridized carbons (Fsp3) is 0.0952. The van der Waals surface area contributed by atoms with E-state index >= 15 is 0 Å². The summed E-state index contributed by atoms with van der Waals surface area (Å²) in [7, 11) is 1.75. The Kier molecular flexibility index (Phi) is 7.68. The molecule has 2 N–H and O–H groups in total. The maximum atomic E-state index is 13.5. The molecule has 3 aromatic heterocycles. The lowest BCUT2D eigenvalue weighted by Gasteiger charge is -2.37. The second-order valence-electron chi connectivity index (χ2n) is 12.5. The van der Waals surface area contributed by atoms with Gasteiger partial charge in [-0.25, -0.2) is 9.97 Å². The van der Waals surface area contributed by atoms with E-state index in [0.717, 1.165) is 44.4 Å². The first-order chi connectivity index (χ1) is 24.4. The first-order valence-electron chi connectivity index (χ1n) is 16.6. The Balaban J connectivity index is 1.41. The number of aromatic nitrogens is 5. The molecule has 1 amide bonds. The smallest absolute Gasteiger partial charge is 0.289 e. The van der Waals surface area contributed by atoms with Crippen LogP contribution < -0.4 is 10.9 Å². The number of carbonyl (C=O) groups excluding carboxylic acids is 1. The van der Waals surface area contributed by atoms with Crippen molar-refractivity contribution >= 4 is 27.8 Å². The van der Waals surface area contributed by atoms with Gasteiger partial charge in [0.05, 0.1) is 28.3 Å². The van der Waals surface area contributed by atoms with Crippen molar-refractivity contribution in [2.45, 2.75) is 18.5 Å². The normalized spacial score (nSPS) is 12.3. The summed E-state index contributed by atoms with van der Waals surface area (Å²) in [5.74, 6) is -0.239. The molecule has 0 fully saturated rings. The van der Waals surface area contributed by atoms with E-state index in [4.69, 9.17) is 9.97 Å². The number of fused-ring (bicyclic) bond motifs is 2. The highest BCUT2D eigenvalue weighted by molar-refractivity contribution is 6.03. The van der Waals surface area contributed by atoms with E-state index in [-0.39, 0.29) is 23.3 Å². The lowest BCUT2D eigenvalue weighted by atomic mass is 9.77. The number of nitrogens with zero attached hydrogens (tertiary/aromatic N) is 4. The molecular formula is C42H34N6O2. The fourth-order valence-corrected chi connectivity index (χ4v) is 6.96. The minimum Gasteiger partial charge on any atom is -0.343 e. The van der Waals surface area contributed by atoms with Crippen molar-refractivity contribution in [1.29, 1.82) is 0 Å². The maximum Gasteiger partial charge on any atom is 0.289 e. The summed E-state index contributed by atoms with van der Waals surface area (Å²) in [6.45, 7) is 1.94. The average Bonchev–Trinajstić information content (AvgIpc) is 3.75. The predicted octanol–water partition coefficient (Wildman–Crippen LogP) is 7.61. The van der Waals surface area contributed by atoms with Crippen LogP contribution >= 0.6 is 0 Å². The zero-order valence-corrected chi connectivity index (χ0v) is 27.6. The van der Waals surface area contributed by atoms with Gasteiger partial charge in [-0.05, 0) is 47.4 Å². The number of carbonyl (C=O) groups is 1. The molecule has 1 atom stereocenters. The molecule has 0 saturated heterocycles. The third kappa shape index (κ3) is 5.18. The minimum absolute atomic E-state index is 0.102. The van der Waals surface area contributed by atoms with Gasteiger partial charge in [0.1, 0.15) is 5.54 Å². The van der Waals surface area contributed by atoms with Crippen LogP contribution in [0.5, 0.6) is 0 Å². The Bertz CT molecular complexity index is 2420. The lowest BCUT2D eigenvalue weighted by Crippen LogP contribution is -2.38. The second kappa shape index (κ2) is 12.5. The molecule has 0 bridgehead atoms. The number of imidazole rings is 1. The van der Waals surface area contributed by atoms with Crippen molar-refractivity contribution in [2.75, 3.05) is 0 Å². The molecule has 0 spiro atoms. The standard InChI is InChI=1S/C42H34N6O2/c1-28(29-15-7-3-8-16-29)43-41(50)40-44-35-25-34-37(26-36(35)45-40)48(46-39(34)30-23-24-38(49)47(2)27-30)42(31-17-9-4-10-18-31,32-19-11-5-12-20-32)33-21-13-6-14-22-33/h3-28,46H,1-2H3,(H,43,50). The van der Waals surface area contributed by atoms with Gasteiger partial charge in [0.2, 0.25) is 11.4 Å². The van der Waals surface area contributed by atoms with Gasteiger partial charge in [-0.3, -0.25) is 19.4 Å². The van der Waals surface area contributed by atoms with Gasteiger partial charge in [-0.15, -0.1) is 0 Å². The van der Waals surface area contributed by atoms with Crippen LogP contribution in [0.4, 0.5) is 0 Å². The molecule has 8 heteroatoms. The van der Waals surface area contributed by atoms with Crippen LogP contribution in [-0.2, 0) is 12.6 Å². The van der Waals surface area contributed by atoms with Gasteiger partial charge in [-0.2, -0.15) is 0 Å². The second-order valence-corrected chi connectivity index (χ2v) is 12.5. The summed E-state index contributed by atoms with van der Waals surface area (Å²) >= 11 is 0. The van der Waals surface area contributed by atoms with Crippen molar-refractivity contribution in [3.05, 3.63) is 190 Å². The third-order valence-corrected chi connectivity index (χ3v) is 9.41. The van der Waals surface area contributed by atoms with Crippen molar-refractivity contribution in [3.8, 4) is 11.3 Å². The molecule has 8 rings (SSSR count). The first-order valence-corrected chi connectivity index (χ1v) is 16.6. The van der Waals surface area contributed by atoms with Crippen LogP contribution in [0.2, 0.25) is 0 Å². The van der Waals surface area contributed by atoms with E-state index < -0.39 is 5.54 Å². The number of hydrogen-bond acceptors (Lipinski definition) is 4. The number of rotatable bonds is 8. The number of benzene rings is 5. The highest BCUT2D eigenvalue weighted by Gasteiger charge is 2.40. The molecule has 0 saturated carbocycles. The summed E-state index contributed by atoms with van der Waals surface area (Å²) in [6, 6.07) is 48.2. The predicted molar refractivity (Wildman–Crippen MR) is 197 cm³/mol. The zero-order chi connectivity index (χ0) is 34.2. The van der Waals surface area contributed by atoms with E-state index in [1.54, 1.807) is 17.7 Å². The van der Waals surface area contributed by atoms with Crippen molar-refractivity contribution in [2.24, 2.45) is 7.05 Å². The largest absolute Gasteiger partial charge is 0.343 e. The average molecular weight is 655 g/mol. The molecule has 50 heavy (non-hydrogen) atoms.